The first kappa shape index (κ1) is 18.8. The van der Waals surface area contributed by atoms with Gasteiger partial charge in [-0.2, -0.15) is 0 Å². The van der Waals surface area contributed by atoms with Crippen LogP contribution in [-0.4, -0.2) is 35.3 Å². The number of aryl methyl sites for hydroxylation is 1. The molecule has 1 atom stereocenters. The van der Waals surface area contributed by atoms with Crippen molar-refractivity contribution in [2.75, 3.05) is 18.5 Å². The van der Waals surface area contributed by atoms with Crippen molar-refractivity contribution in [3.05, 3.63) is 58.2 Å². The number of hydrogen-bond donors (Lipinski definition) is 1. The van der Waals surface area contributed by atoms with E-state index in [1.54, 1.807) is 0 Å². The summed E-state index contributed by atoms with van der Waals surface area (Å²) >= 11 is 3.50. The van der Waals surface area contributed by atoms with Crippen molar-refractivity contribution < 1.29 is 14.3 Å². The minimum atomic E-state index is -0.509. The Hall–Kier alpha value is -2.51. The van der Waals surface area contributed by atoms with E-state index >= 15 is 0 Å². The van der Waals surface area contributed by atoms with Crippen LogP contribution in [0.25, 0.3) is 11.0 Å². The SMILES string of the molecule is Cc1cc(Nc2nc3ccccc3nc2C(=O)OCC2CCCO2)ccc1Br. The van der Waals surface area contributed by atoms with Crippen LogP contribution < -0.4 is 5.32 Å². The molecule has 1 aliphatic heterocycles. The molecule has 0 radical (unpaired) electrons. The third kappa shape index (κ3) is 4.15. The minimum Gasteiger partial charge on any atom is -0.458 e. The number of nitrogens with zero attached hydrogens (tertiary/aromatic N) is 2. The molecular formula is C21H20BrN3O3. The quantitative estimate of drug-likeness (QED) is 0.574. The molecule has 3 aromatic rings. The number of benzene rings is 2. The summed E-state index contributed by atoms with van der Waals surface area (Å²) in [7, 11) is 0. The Bertz CT molecular complexity index is 1020. The van der Waals surface area contributed by atoms with Gasteiger partial charge in [0.05, 0.1) is 17.1 Å². The van der Waals surface area contributed by atoms with Crippen molar-refractivity contribution in [3.63, 3.8) is 0 Å². The number of nitrogens with one attached hydrogen (secondary N) is 1. The van der Waals surface area contributed by atoms with E-state index < -0.39 is 5.97 Å². The zero-order valence-electron chi connectivity index (χ0n) is 15.4. The van der Waals surface area contributed by atoms with Crippen LogP contribution >= 0.6 is 15.9 Å². The van der Waals surface area contributed by atoms with Crippen LogP contribution in [0.1, 0.15) is 28.9 Å². The Kier molecular flexibility index (Phi) is 5.54. The molecule has 0 bridgehead atoms. The van der Waals surface area contributed by atoms with Crippen molar-refractivity contribution in [3.8, 4) is 0 Å². The third-order valence-electron chi connectivity index (χ3n) is 4.61. The van der Waals surface area contributed by atoms with Gasteiger partial charge in [0.2, 0.25) is 0 Å². The summed E-state index contributed by atoms with van der Waals surface area (Å²) in [4.78, 5) is 21.9. The highest BCUT2D eigenvalue weighted by Gasteiger charge is 2.22. The zero-order chi connectivity index (χ0) is 19.5. The first-order valence-corrected chi connectivity index (χ1v) is 9.98. The van der Waals surface area contributed by atoms with Crippen LogP contribution in [0.4, 0.5) is 11.5 Å². The number of anilines is 2. The number of hydrogen-bond acceptors (Lipinski definition) is 6. The van der Waals surface area contributed by atoms with E-state index in [0.717, 1.165) is 28.6 Å². The molecule has 2 heterocycles. The Morgan fingerprint density at radius 3 is 2.75 bits per heavy atom. The van der Waals surface area contributed by atoms with Gasteiger partial charge in [0, 0.05) is 16.8 Å². The van der Waals surface area contributed by atoms with E-state index in [2.05, 4.69) is 31.2 Å². The number of para-hydroxylation sites is 2. The molecule has 1 aliphatic rings. The van der Waals surface area contributed by atoms with Gasteiger partial charge in [-0.25, -0.2) is 14.8 Å². The highest BCUT2D eigenvalue weighted by atomic mass is 79.9. The van der Waals surface area contributed by atoms with E-state index in [1.165, 1.54) is 0 Å². The maximum absolute atomic E-state index is 12.7. The maximum Gasteiger partial charge on any atom is 0.360 e. The highest BCUT2D eigenvalue weighted by Crippen LogP contribution is 2.25. The molecule has 7 heteroatoms. The van der Waals surface area contributed by atoms with Gasteiger partial charge in [-0.15, -0.1) is 0 Å². The molecule has 144 valence electrons. The van der Waals surface area contributed by atoms with Crippen molar-refractivity contribution >= 4 is 44.4 Å². The van der Waals surface area contributed by atoms with E-state index in [-0.39, 0.29) is 18.4 Å². The number of ether oxygens (including phenoxy) is 2. The third-order valence-corrected chi connectivity index (χ3v) is 5.50. The number of aromatic nitrogens is 2. The van der Waals surface area contributed by atoms with Gasteiger partial charge >= 0.3 is 5.97 Å². The molecule has 1 unspecified atom stereocenters. The second-order valence-corrected chi connectivity index (χ2v) is 7.59. The fourth-order valence-corrected chi connectivity index (χ4v) is 3.35. The van der Waals surface area contributed by atoms with Crippen LogP contribution in [0.2, 0.25) is 0 Å². The Morgan fingerprint density at radius 1 is 1.25 bits per heavy atom. The van der Waals surface area contributed by atoms with Gasteiger partial charge in [-0.3, -0.25) is 0 Å². The molecule has 1 aromatic heterocycles. The first-order chi connectivity index (χ1) is 13.6. The number of fused-ring (bicyclic) bond motifs is 1. The lowest BCUT2D eigenvalue weighted by Gasteiger charge is -2.14. The lowest BCUT2D eigenvalue weighted by atomic mass is 10.2. The zero-order valence-corrected chi connectivity index (χ0v) is 17.0. The standard InChI is InChI=1S/C21H20BrN3O3/c1-13-11-14(8-9-16(13)22)23-20-19(21(26)28-12-15-5-4-10-27-15)24-17-6-2-3-7-18(17)25-20/h2-3,6-9,11,15H,4-5,10,12H2,1H3,(H,23,25). The summed E-state index contributed by atoms with van der Waals surface area (Å²) in [5.74, 6) is -0.136. The van der Waals surface area contributed by atoms with Crippen LogP contribution in [0.3, 0.4) is 0 Å². The topological polar surface area (TPSA) is 73.3 Å². The molecule has 1 saturated heterocycles. The lowest BCUT2D eigenvalue weighted by Crippen LogP contribution is -2.19. The molecule has 4 rings (SSSR count). The fourth-order valence-electron chi connectivity index (χ4n) is 3.10. The molecule has 1 fully saturated rings. The molecule has 0 saturated carbocycles. The van der Waals surface area contributed by atoms with Crippen molar-refractivity contribution in [1.82, 2.24) is 9.97 Å². The largest absolute Gasteiger partial charge is 0.458 e. The molecule has 0 spiro atoms. The Morgan fingerprint density at radius 2 is 2.04 bits per heavy atom. The van der Waals surface area contributed by atoms with Gasteiger partial charge in [0.15, 0.2) is 11.5 Å². The minimum absolute atomic E-state index is 0.0390. The second kappa shape index (κ2) is 8.24. The predicted molar refractivity (Wildman–Crippen MR) is 111 cm³/mol. The summed E-state index contributed by atoms with van der Waals surface area (Å²) in [5.41, 5.74) is 3.40. The van der Waals surface area contributed by atoms with Crippen molar-refractivity contribution in [2.45, 2.75) is 25.9 Å². The van der Waals surface area contributed by atoms with Gasteiger partial charge in [0.25, 0.3) is 0 Å². The van der Waals surface area contributed by atoms with Crippen molar-refractivity contribution in [1.29, 1.82) is 0 Å². The molecule has 0 amide bonds. The number of esters is 1. The summed E-state index contributed by atoms with van der Waals surface area (Å²) in [6.45, 7) is 2.94. The van der Waals surface area contributed by atoms with E-state index in [0.29, 0.717) is 23.5 Å². The molecule has 1 N–H and O–H groups in total. The maximum atomic E-state index is 12.7. The van der Waals surface area contributed by atoms with Gasteiger partial charge < -0.3 is 14.8 Å². The average molecular weight is 442 g/mol. The van der Waals surface area contributed by atoms with E-state index in [1.807, 2.05) is 49.4 Å². The Balaban J connectivity index is 1.65. The molecule has 6 nitrogen and oxygen atoms in total. The summed E-state index contributed by atoms with van der Waals surface area (Å²) < 4.78 is 12.0. The van der Waals surface area contributed by atoms with Gasteiger partial charge in [-0.1, -0.05) is 28.1 Å². The number of halogens is 1. The normalized spacial score (nSPS) is 16.3. The van der Waals surface area contributed by atoms with E-state index in [9.17, 15) is 4.79 Å². The van der Waals surface area contributed by atoms with Crippen LogP contribution in [0.15, 0.2) is 46.9 Å². The molecular weight excluding hydrogens is 422 g/mol. The number of carbonyl (C=O) groups excluding carboxylic acids is 1. The monoisotopic (exact) mass is 441 g/mol. The molecule has 2 aromatic carbocycles. The number of carbonyl (C=O) groups is 1. The molecule has 0 aliphatic carbocycles. The van der Waals surface area contributed by atoms with Crippen LogP contribution in [-0.2, 0) is 9.47 Å². The second-order valence-electron chi connectivity index (χ2n) is 6.73. The van der Waals surface area contributed by atoms with Crippen molar-refractivity contribution in [2.24, 2.45) is 0 Å². The summed E-state index contributed by atoms with van der Waals surface area (Å²) in [6.07, 6.45) is 1.86. The summed E-state index contributed by atoms with van der Waals surface area (Å²) in [6, 6.07) is 13.3. The lowest BCUT2D eigenvalue weighted by molar-refractivity contribution is 0.0157. The van der Waals surface area contributed by atoms with Gasteiger partial charge in [0.1, 0.15) is 6.61 Å². The average Bonchev–Trinajstić information content (AvgIpc) is 3.22. The highest BCUT2D eigenvalue weighted by molar-refractivity contribution is 9.10. The van der Waals surface area contributed by atoms with Crippen LogP contribution in [0, 0.1) is 6.92 Å². The molecule has 28 heavy (non-hydrogen) atoms. The first-order valence-electron chi connectivity index (χ1n) is 9.19. The smallest absolute Gasteiger partial charge is 0.360 e. The van der Waals surface area contributed by atoms with Gasteiger partial charge in [-0.05, 0) is 55.7 Å². The van der Waals surface area contributed by atoms with E-state index in [4.69, 9.17) is 9.47 Å². The predicted octanol–water partition coefficient (Wildman–Crippen LogP) is 4.78. The fraction of sp³-hybridized carbons (Fsp3) is 0.286. The Labute approximate surface area is 171 Å². The summed E-state index contributed by atoms with van der Waals surface area (Å²) in [5, 5.41) is 3.22. The van der Waals surface area contributed by atoms with Crippen LogP contribution in [0.5, 0.6) is 0 Å². The number of rotatable bonds is 5.